The molecule has 0 saturated carbocycles. The lowest BCUT2D eigenvalue weighted by Gasteiger charge is -2.15. The molecule has 0 heterocycles. The fraction of sp³-hybridized carbons (Fsp3) is 0.455. The monoisotopic (exact) mass is 231 g/mol. The second-order valence-corrected chi connectivity index (χ2v) is 4.26. The number of rotatable bonds is 3. The normalized spacial score (nSPS) is 12.9. The molecule has 0 aliphatic carbocycles. The average molecular weight is 232 g/mol. The van der Waals surface area contributed by atoms with Crippen molar-refractivity contribution in [2.75, 3.05) is 0 Å². The fourth-order valence-electron chi connectivity index (χ4n) is 1.54. The van der Waals surface area contributed by atoms with Gasteiger partial charge >= 0.3 is 0 Å². The molecule has 1 aromatic carbocycles. The van der Waals surface area contributed by atoms with Crippen molar-refractivity contribution in [1.82, 2.24) is 0 Å². The van der Waals surface area contributed by atoms with E-state index in [1.165, 1.54) is 0 Å². The Labute approximate surface area is 95.2 Å². The van der Waals surface area contributed by atoms with E-state index in [-0.39, 0.29) is 6.04 Å². The highest BCUT2D eigenvalue weighted by atomic mass is 35.5. The van der Waals surface area contributed by atoms with E-state index in [2.05, 4.69) is 6.92 Å². The molecule has 0 amide bonds. The summed E-state index contributed by atoms with van der Waals surface area (Å²) in [5, 5.41) is 1.22. The van der Waals surface area contributed by atoms with Crippen molar-refractivity contribution < 1.29 is 0 Å². The minimum absolute atomic E-state index is 0.0646. The highest BCUT2D eigenvalue weighted by Gasteiger charge is 2.11. The predicted molar refractivity (Wildman–Crippen MR) is 63.0 cm³/mol. The molecule has 1 atom stereocenters. The van der Waals surface area contributed by atoms with E-state index < -0.39 is 0 Å². The van der Waals surface area contributed by atoms with Gasteiger partial charge in [0, 0.05) is 6.04 Å². The van der Waals surface area contributed by atoms with Crippen LogP contribution in [-0.2, 0) is 0 Å². The standard InChI is InChI=1S/C11H15Cl2N/c1-3-4-10(14)8-5-6-9(12)11(13)7(8)2/h5-6,10H,3-4,14H2,1-2H3/t10-/m0/s1. The van der Waals surface area contributed by atoms with Gasteiger partial charge in [0.25, 0.3) is 0 Å². The quantitative estimate of drug-likeness (QED) is 0.834. The summed E-state index contributed by atoms with van der Waals surface area (Å²) in [5.74, 6) is 0. The van der Waals surface area contributed by atoms with Gasteiger partial charge in [0.1, 0.15) is 0 Å². The van der Waals surface area contributed by atoms with Crippen LogP contribution in [0.5, 0.6) is 0 Å². The van der Waals surface area contributed by atoms with Crippen LogP contribution in [0, 0.1) is 6.92 Å². The Morgan fingerprint density at radius 3 is 2.57 bits per heavy atom. The minimum atomic E-state index is 0.0646. The fourth-order valence-corrected chi connectivity index (χ4v) is 1.91. The molecule has 0 fully saturated rings. The molecule has 0 spiro atoms. The summed E-state index contributed by atoms with van der Waals surface area (Å²) in [6.07, 6.45) is 2.04. The maximum Gasteiger partial charge on any atom is 0.0624 e. The first-order valence-electron chi connectivity index (χ1n) is 4.78. The van der Waals surface area contributed by atoms with E-state index >= 15 is 0 Å². The first-order chi connectivity index (χ1) is 6.57. The molecule has 0 bridgehead atoms. The summed E-state index contributed by atoms with van der Waals surface area (Å²) in [4.78, 5) is 0. The Morgan fingerprint density at radius 2 is 2.00 bits per heavy atom. The zero-order valence-electron chi connectivity index (χ0n) is 8.48. The van der Waals surface area contributed by atoms with Crippen molar-refractivity contribution in [3.05, 3.63) is 33.3 Å². The van der Waals surface area contributed by atoms with Gasteiger partial charge in [-0.1, -0.05) is 42.6 Å². The molecule has 1 nitrogen and oxygen atoms in total. The van der Waals surface area contributed by atoms with Crippen molar-refractivity contribution >= 4 is 23.2 Å². The molecule has 1 rings (SSSR count). The molecule has 0 aliphatic heterocycles. The Balaban J connectivity index is 3.04. The third kappa shape index (κ3) is 2.41. The van der Waals surface area contributed by atoms with Gasteiger partial charge in [-0.05, 0) is 30.5 Å². The van der Waals surface area contributed by atoms with Crippen LogP contribution < -0.4 is 5.73 Å². The summed E-state index contributed by atoms with van der Waals surface area (Å²) in [7, 11) is 0. The van der Waals surface area contributed by atoms with Crippen LogP contribution >= 0.6 is 23.2 Å². The lowest BCUT2D eigenvalue weighted by Crippen LogP contribution is -2.11. The molecule has 78 valence electrons. The Bertz CT molecular complexity index is 323. The second-order valence-electron chi connectivity index (χ2n) is 3.47. The zero-order chi connectivity index (χ0) is 10.7. The molecule has 0 aromatic heterocycles. The van der Waals surface area contributed by atoms with Crippen LogP contribution in [0.15, 0.2) is 12.1 Å². The molecular formula is C11H15Cl2N. The van der Waals surface area contributed by atoms with Crippen LogP contribution in [0.1, 0.15) is 36.9 Å². The summed E-state index contributed by atoms with van der Waals surface area (Å²) < 4.78 is 0. The minimum Gasteiger partial charge on any atom is -0.324 e. The maximum atomic E-state index is 6.04. The molecule has 0 aliphatic rings. The topological polar surface area (TPSA) is 26.0 Å². The summed E-state index contributed by atoms with van der Waals surface area (Å²) >= 11 is 11.9. The lowest BCUT2D eigenvalue weighted by molar-refractivity contribution is 0.635. The van der Waals surface area contributed by atoms with Crippen molar-refractivity contribution in [3.63, 3.8) is 0 Å². The van der Waals surface area contributed by atoms with Crippen LogP contribution in [0.4, 0.5) is 0 Å². The molecule has 0 saturated heterocycles. The van der Waals surface area contributed by atoms with E-state index in [4.69, 9.17) is 28.9 Å². The molecule has 14 heavy (non-hydrogen) atoms. The predicted octanol–water partition coefficient (Wildman–Crippen LogP) is 4.10. The summed E-state index contributed by atoms with van der Waals surface area (Å²) in [5.41, 5.74) is 8.12. The number of hydrogen-bond donors (Lipinski definition) is 1. The van der Waals surface area contributed by atoms with Gasteiger partial charge in [0.05, 0.1) is 10.0 Å². The largest absolute Gasteiger partial charge is 0.324 e. The highest BCUT2D eigenvalue weighted by Crippen LogP contribution is 2.31. The Hall–Kier alpha value is -0.240. The van der Waals surface area contributed by atoms with E-state index in [9.17, 15) is 0 Å². The molecule has 1 aromatic rings. The van der Waals surface area contributed by atoms with Crippen molar-refractivity contribution in [2.45, 2.75) is 32.7 Å². The molecule has 0 radical (unpaired) electrons. The first-order valence-corrected chi connectivity index (χ1v) is 5.53. The summed E-state index contributed by atoms with van der Waals surface area (Å²) in [6.45, 7) is 4.08. The Kier molecular flexibility index (Phi) is 4.24. The van der Waals surface area contributed by atoms with Crippen molar-refractivity contribution in [3.8, 4) is 0 Å². The molecule has 0 unspecified atom stereocenters. The van der Waals surface area contributed by atoms with Gasteiger partial charge in [0.15, 0.2) is 0 Å². The second kappa shape index (κ2) is 5.01. The molecule has 2 N–H and O–H groups in total. The zero-order valence-corrected chi connectivity index (χ0v) is 9.99. The van der Waals surface area contributed by atoms with Crippen LogP contribution in [-0.4, -0.2) is 0 Å². The van der Waals surface area contributed by atoms with Gasteiger partial charge in [0.2, 0.25) is 0 Å². The smallest absolute Gasteiger partial charge is 0.0624 e. The Morgan fingerprint density at radius 1 is 1.36 bits per heavy atom. The first kappa shape index (κ1) is 11.8. The van der Waals surface area contributed by atoms with Crippen molar-refractivity contribution in [2.24, 2.45) is 5.73 Å². The average Bonchev–Trinajstić information content (AvgIpc) is 2.15. The number of halogens is 2. The SMILES string of the molecule is CCC[C@H](N)c1ccc(Cl)c(Cl)c1C. The third-order valence-corrected chi connectivity index (χ3v) is 3.28. The number of nitrogens with two attached hydrogens (primary N) is 1. The molecular weight excluding hydrogens is 217 g/mol. The van der Waals surface area contributed by atoms with E-state index in [1.807, 2.05) is 19.1 Å². The van der Waals surface area contributed by atoms with Gasteiger partial charge in [-0.2, -0.15) is 0 Å². The van der Waals surface area contributed by atoms with Crippen LogP contribution in [0.25, 0.3) is 0 Å². The number of hydrogen-bond acceptors (Lipinski definition) is 1. The van der Waals surface area contributed by atoms with E-state index in [0.717, 1.165) is 24.0 Å². The maximum absolute atomic E-state index is 6.04. The lowest BCUT2D eigenvalue weighted by atomic mass is 9.98. The summed E-state index contributed by atoms with van der Waals surface area (Å²) in [6, 6.07) is 3.83. The molecule has 3 heteroatoms. The van der Waals surface area contributed by atoms with Crippen LogP contribution in [0.2, 0.25) is 10.0 Å². The highest BCUT2D eigenvalue weighted by molar-refractivity contribution is 6.42. The third-order valence-electron chi connectivity index (χ3n) is 2.38. The van der Waals surface area contributed by atoms with Gasteiger partial charge < -0.3 is 5.73 Å². The van der Waals surface area contributed by atoms with E-state index in [0.29, 0.717) is 10.0 Å². The van der Waals surface area contributed by atoms with Crippen molar-refractivity contribution in [1.29, 1.82) is 0 Å². The van der Waals surface area contributed by atoms with E-state index in [1.54, 1.807) is 0 Å². The number of benzene rings is 1. The van der Waals surface area contributed by atoms with Gasteiger partial charge in [-0.3, -0.25) is 0 Å². The van der Waals surface area contributed by atoms with Gasteiger partial charge in [-0.25, -0.2) is 0 Å². The van der Waals surface area contributed by atoms with Crippen LogP contribution in [0.3, 0.4) is 0 Å². The van der Waals surface area contributed by atoms with Gasteiger partial charge in [-0.15, -0.1) is 0 Å².